The highest BCUT2D eigenvalue weighted by atomic mass is 19.1. The molecule has 108 valence electrons. The van der Waals surface area contributed by atoms with Gasteiger partial charge in [0.15, 0.2) is 0 Å². The second-order valence-electron chi connectivity index (χ2n) is 4.52. The lowest BCUT2D eigenvalue weighted by molar-refractivity contribution is 0.305. The van der Waals surface area contributed by atoms with Crippen LogP contribution in [0.15, 0.2) is 36.4 Å². The molecule has 0 saturated heterocycles. The van der Waals surface area contributed by atoms with E-state index in [9.17, 15) is 8.78 Å². The fourth-order valence-corrected chi connectivity index (χ4v) is 1.78. The normalized spacial score (nSPS) is 9.90. The maximum Gasteiger partial charge on any atom is 0.138 e. The molecule has 21 heavy (non-hydrogen) atoms. The summed E-state index contributed by atoms with van der Waals surface area (Å²) in [5.41, 5.74) is 6.86. The molecule has 0 unspecified atom stereocenters. The standard InChI is InChI=1S/C17H15F2NO/c1-12-9-15(5-7-16(12)18)21-11-13-4-6-17(19)14(10-13)3-2-8-20/h4-7,9-10H,8,11,20H2,1H3. The molecule has 0 heterocycles. The summed E-state index contributed by atoms with van der Waals surface area (Å²) >= 11 is 0. The van der Waals surface area contributed by atoms with Gasteiger partial charge in [0.25, 0.3) is 0 Å². The number of nitrogens with two attached hydrogens (primary N) is 1. The molecule has 0 saturated carbocycles. The smallest absolute Gasteiger partial charge is 0.138 e. The van der Waals surface area contributed by atoms with Crippen LogP contribution in [0.4, 0.5) is 8.78 Å². The van der Waals surface area contributed by atoms with Crippen LogP contribution in [0.2, 0.25) is 0 Å². The van der Waals surface area contributed by atoms with Gasteiger partial charge < -0.3 is 10.5 Å². The number of benzene rings is 2. The van der Waals surface area contributed by atoms with Crippen LogP contribution in [0, 0.1) is 30.4 Å². The van der Waals surface area contributed by atoms with Gasteiger partial charge in [-0.2, -0.15) is 0 Å². The van der Waals surface area contributed by atoms with Crippen molar-refractivity contribution in [2.45, 2.75) is 13.5 Å². The summed E-state index contributed by atoms with van der Waals surface area (Å²) in [7, 11) is 0. The van der Waals surface area contributed by atoms with Crippen LogP contribution < -0.4 is 10.5 Å². The Labute approximate surface area is 122 Å². The zero-order valence-corrected chi connectivity index (χ0v) is 11.6. The number of rotatable bonds is 3. The van der Waals surface area contributed by atoms with Crippen LogP contribution in [0.1, 0.15) is 16.7 Å². The largest absolute Gasteiger partial charge is 0.489 e. The first-order chi connectivity index (χ1) is 10.1. The summed E-state index contributed by atoms with van der Waals surface area (Å²) in [5, 5.41) is 0. The van der Waals surface area contributed by atoms with Crippen molar-refractivity contribution in [2.75, 3.05) is 6.54 Å². The molecule has 0 spiro atoms. The quantitative estimate of drug-likeness (QED) is 0.880. The molecule has 0 atom stereocenters. The van der Waals surface area contributed by atoms with Gasteiger partial charge in [-0.25, -0.2) is 8.78 Å². The second kappa shape index (κ2) is 6.87. The van der Waals surface area contributed by atoms with Gasteiger partial charge in [0.1, 0.15) is 24.0 Å². The minimum Gasteiger partial charge on any atom is -0.489 e. The third-order valence-electron chi connectivity index (χ3n) is 2.89. The van der Waals surface area contributed by atoms with Crippen molar-refractivity contribution in [3.05, 3.63) is 64.7 Å². The minimum atomic E-state index is -0.391. The van der Waals surface area contributed by atoms with Crippen molar-refractivity contribution in [1.82, 2.24) is 0 Å². The molecule has 2 N–H and O–H groups in total. The maximum atomic E-state index is 13.5. The third kappa shape index (κ3) is 4.04. The Hall–Kier alpha value is -2.38. The average Bonchev–Trinajstić information content (AvgIpc) is 2.48. The Morgan fingerprint density at radius 2 is 1.86 bits per heavy atom. The van der Waals surface area contributed by atoms with Crippen LogP contribution in [0.25, 0.3) is 0 Å². The first kappa shape index (κ1) is 15.0. The molecule has 4 heteroatoms. The van der Waals surface area contributed by atoms with E-state index in [1.54, 1.807) is 31.2 Å². The van der Waals surface area contributed by atoms with Crippen LogP contribution in [-0.2, 0) is 6.61 Å². The fraction of sp³-hybridized carbons (Fsp3) is 0.176. The molecule has 2 nitrogen and oxygen atoms in total. The zero-order valence-electron chi connectivity index (χ0n) is 11.6. The van der Waals surface area contributed by atoms with Crippen LogP contribution in [0.3, 0.4) is 0 Å². The van der Waals surface area contributed by atoms with Gasteiger partial charge in [0.2, 0.25) is 0 Å². The molecule has 0 aliphatic heterocycles. The van der Waals surface area contributed by atoms with Crippen LogP contribution in [0.5, 0.6) is 5.75 Å². The molecule has 0 fully saturated rings. The van der Waals surface area contributed by atoms with Crippen LogP contribution >= 0.6 is 0 Å². The monoisotopic (exact) mass is 287 g/mol. The summed E-state index contributed by atoms with van der Waals surface area (Å²) in [6, 6.07) is 9.12. The van der Waals surface area contributed by atoms with Gasteiger partial charge in [-0.1, -0.05) is 17.9 Å². The number of hydrogen-bond donors (Lipinski definition) is 1. The second-order valence-corrected chi connectivity index (χ2v) is 4.52. The molecule has 0 aromatic heterocycles. The summed E-state index contributed by atoms with van der Waals surface area (Å²) in [6.45, 7) is 2.10. The van der Waals surface area contributed by atoms with E-state index < -0.39 is 5.82 Å². The summed E-state index contributed by atoms with van der Waals surface area (Å²) < 4.78 is 32.2. The molecular weight excluding hydrogens is 272 g/mol. The highest BCUT2D eigenvalue weighted by Crippen LogP contribution is 2.18. The SMILES string of the molecule is Cc1cc(OCc2ccc(F)c(C#CCN)c2)ccc1F. The van der Waals surface area contributed by atoms with Crippen molar-refractivity contribution < 1.29 is 13.5 Å². The fourth-order valence-electron chi connectivity index (χ4n) is 1.78. The first-order valence-corrected chi connectivity index (χ1v) is 6.46. The Morgan fingerprint density at radius 3 is 2.57 bits per heavy atom. The van der Waals surface area contributed by atoms with E-state index in [2.05, 4.69) is 11.8 Å². The molecule has 2 aromatic rings. The van der Waals surface area contributed by atoms with E-state index in [0.717, 1.165) is 5.56 Å². The molecule has 2 rings (SSSR count). The lowest BCUT2D eigenvalue weighted by Gasteiger charge is -2.08. The molecule has 0 bridgehead atoms. The summed E-state index contributed by atoms with van der Waals surface area (Å²) in [6.07, 6.45) is 0. The number of aryl methyl sites for hydroxylation is 1. The van der Waals surface area contributed by atoms with Gasteiger partial charge >= 0.3 is 0 Å². The predicted octanol–water partition coefficient (Wildman–Crippen LogP) is 3.16. The molecule has 0 radical (unpaired) electrons. The first-order valence-electron chi connectivity index (χ1n) is 6.46. The Balaban J connectivity index is 2.11. The number of halogens is 2. The van der Waals surface area contributed by atoms with Crippen molar-refractivity contribution in [2.24, 2.45) is 5.73 Å². The Bertz CT molecular complexity index is 702. The number of ether oxygens (including phenoxy) is 1. The number of hydrogen-bond acceptors (Lipinski definition) is 2. The Morgan fingerprint density at radius 1 is 1.10 bits per heavy atom. The van der Waals surface area contributed by atoms with Crippen molar-refractivity contribution in [3.63, 3.8) is 0 Å². The Kier molecular flexibility index (Phi) is 4.91. The van der Waals surface area contributed by atoms with Crippen LogP contribution in [-0.4, -0.2) is 6.54 Å². The topological polar surface area (TPSA) is 35.2 Å². The van der Waals surface area contributed by atoms with E-state index in [-0.39, 0.29) is 24.5 Å². The van der Waals surface area contributed by atoms with Gasteiger partial charge in [-0.05, 0) is 48.4 Å². The van der Waals surface area contributed by atoms with Crippen molar-refractivity contribution in [3.8, 4) is 17.6 Å². The van der Waals surface area contributed by atoms with E-state index in [0.29, 0.717) is 11.3 Å². The molecule has 0 aliphatic carbocycles. The van der Waals surface area contributed by atoms with E-state index >= 15 is 0 Å². The highest BCUT2D eigenvalue weighted by Gasteiger charge is 2.04. The molecule has 0 aliphatic rings. The van der Waals surface area contributed by atoms with Gasteiger partial charge in [-0.15, -0.1) is 0 Å². The molecule has 2 aromatic carbocycles. The third-order valence-corrected chi connectivity index (χ3v) is 2.89. The zero-order chi connectivity index (χ0) is 15.2. The molecular formula is C17H15F2NO. The summed E-state index contributed by atoms with van der Waals surface area (Å²) in [4.78, 5) is 0. The van der Waals surface area contributed by atoms with E-state index in [4.69, 9.17) is 10.5 Å². The van der Waals surface area contributed by atoms with Crippen molar-refractivity contribution in [1.29, 1.82) is 0 Å². The van der Waals surface area contributed by atoms with E-state index in [1.807, 2.05) is 0 Å². The van der Waals surface area contributed by atoms with Crippen molar-refractivity contribution >= 4 is 0 Å². The van der Waals surface area contributed by atoms with E-state index in [1.165, 1.54) is 12.1 Å². The lowest BCUT2D eigenvalue weighted by Crippen LogP contribution is -1.98. The molecule has 0 amide bonds. The van der Waals surface area contributed by atoms with Gasteiger partial charge in [0.05, 0.1) is 12.1 Å². The highest BCUT2D eigenvalue weighted by molar-refractivity contribution is 5.39. The lowest BCUT2D eigenvalue weighted by atomic mass is 10.1. The van der Waals surface area contributed by atoms with Gasteiger partial charge in [-0.3, -0.25) is 0 Å². The summed E-state index contributed by atoms with van der Waals surface area (Å²) in [5.74, 6) is 5.18. The minimum absolute atomic E-state index is 0.176. The average molecular weight is 287 g/mol. The van der Waals surface area contributed by atoms with Gasteiger partial charge in [0, 0.05) is 0 Å². The maximum absolute atomic E-state index is 13.5. The predicted molar refractivity (Wildman–Crippen MR) is 77.8 cm³/mol.